The molecule has 32 heavy (non-hydrogen) atoms. The summed E-state index contributed by atoms with van der Waals surface area (Å²) in [4.78, 5) is 25.7. The molecule has 2 amide bonds. The summed E-state index contributed by atoms with van der Waals surface area (Å²) in [6, 6.07) is 25.9. The van der Waals surface area contributed by atoms with Gasteiger partial charge in [-0.2, -0.15) is 0 Å². The van der Waals surface area contributed by atoms with Crippen molar-refractivity contribution in [2.24, 2.45) is 0 Å². The van der Waals surface area contributed by atoms with Crippen LogP contribution in [0.25, 0.3) is 10.8 Å². The van der Waals surface area contributed by atoms with Crippen LogP contribution in [-0.2, 0) is 6.54 Å². The molecule has 5 rings (SSSR count). The Hall–Kier alpha value is -4.32. The smallest absolute Gasteiger partial charge is 0.255 e. The van der Waals surface area contributed by atoms with Gasteiger partial charge in [0.15, 0.2) is 11.5 Å². The maximum atomic E-state index is 12.9. The average molecular weight is 424 g/mol. The van der Waals surface area contributed by atoms with Crippen LogP contribution in [0.3, 0.4) is 0 Å². The molecular formula is C26H20N2O4. The maximum Gasteiger partial charge on any atom is 0.255 e. The zero-order chi connectivity index (χ0) is 21.9. The SMILES string of the molecule is O=C(Nc1ccccc1C(=O)NCc1ccc2c(c1)OCO2)c1ccc2ccccc2c1. The highest BCUT2D eigenvalue weighted by atomic mass is 16.7. The Morgan fingerprint density at radius 1 is 0.750 bits per heavy atom. The lowest BCUT2D eigenvalue weighted by Crippen LogP contribution is -2.24. The molecular weight excluding hydrogens is 404 g/mol. The first-order chi connectivity index (χ1) is 15.7. The minimum Gasteiger partial charge on any atom is -0.454 e. The summed E-state index contributed by atoms with van der Waals surface area (Å²) in [5.41, 5.74) is 2.26. The molecule has 158 valence electrons. The normalized spacial score (nSPS) is 11.9. The molecule has 6 nitrogen and oxygen atoms in total. The van der Waals surface area contributed by atoms with Crippen molar-refractivity contribution >= 4 is 28.3 Å². The number of anilines is 1. The van der Waals surface area contributed by atoms with Crippen molar-refractivity contribution in [2.75, 3.05) is 12.1 Å². The number of carbonyl (C=O) groups excluding carboxylic acids is 2. The first-order valence-electron chi connectivity index (χ1n) is 10.2. The molecule has 0 aliphatic carbocycles. The van der Waals surface area contributed by atoms with E-state index in [2.05, 4.69) is 10.6 Å². The van der Waals surface area contributed by atoms with E-state index in [1.807, 2.05) is 54.6 Å². The molecule has 4 aromatic carbocycles. The van der Waals surface area contributed by atoms with Crippen molar-refractivity contribution in [1.29, 1.82) is 0 Å². The highest BCUT2D eigenvalue weighted by Gasteiger charge is 2.16. The second-order valence-corrected chi connectivity index (χ2v) is 7.43. The summed E-state index contributed by atoms with van der Waals surface area (Å²) in [6.45, 7) is 0.526. The number of para-hydroxylation sites is 1. The average Bonchev–Trinajstić information content (AvgIpc) is 3.30. The standard InChI is InChI=1S/C26H20N2O4/c29-25(20-11-10-18-5-1-2-6-19(18)14-20)28-22-8-4-3-7-21(22)26(30)27-15-17-9-12-23-24(13-17)32-16-31-23/h1-14H,15-16H2,(H,27,30)(H,28,29). The Labute approximate surface area is 184 Å². The fourth-order valence-electron chi connectivity index (χ4n) is 3.64. The van der Waals surface area contributed by atoms with E-state index < -0.39 is 0 Å². The third-order valence-electron chi connectivity index (χ3n) is 5.32. The van der Waals surface area contributed by atoms with Crippen LogP contribution in [0.15, 0.2) is 84.9 Å². The van der Waals surface area contributed by atoms with Gasteiger partial charge in [0.25, 0.3) is 11.8 Å². The summed E-state index contributed by atoms with van der Waals surface area (Å²) in [5, 5.41) is 7.81. The van der Waals surface area contributed by atoms with Crippen molar-refractivity contribution in [2.45, 2.75) is 6.54 Å². The van der Waals surface area contributed by atoms with E-state index in [1.165, 1.54) is 0 Å². The van der Waals surface area contributed by atoms with Gasteiger partial charge in [0.2, 0.25) is 6.79 Å². The van der Waals surface area contributed by atoms with Crippen molar-refractivity contribution in [3.63, 3.8) is 0 Å². The van der Waals surface area contributed by atoms with Crippen LogP contribution in [0.5, 0.6) is 11.5 Å². The number of benzene rings is 4. The van der Waals surface area contributed by atoms with Crippen LogP contribution in [0.2, 0.25) is 0 Å². The van der Waals surface area contributed by atoms with E-state index in [0.717, 1.165) is 16.3 Å². The summed E-state index contributed by atoms with van der Waals surface area (Å²) in [6.07, 6.45) is 0. The molecule has 0 fully saturated rings. The van der Waals surface area contributed by atoms with Gasteiger partial charge in [0.1, 0.15) is 0 Å². The highest BCUT2D eigenvalue weighted by molar-refractivity contribution is 6.10. The molecule has 6 heteroatoms. The first kappa shape index (κ1) is 19.6. The van der Waals surface area contributed by atoms with Gasteiger partial charge in [-0.25, -0.2) is 0 Å². The molecule has 0 saturated carbocycles. The predicted octanol–water partition coefficient (Wildman–Crippen LogP) is 4.75. The summed E-state index contributed by atoms with van der Waals surface area (Å²) in [7, 11) is 0. The van der Waals surface area contributed by atoms with E-state index in [0.29, 0.717) is 34.9 Å². The van der Waals surface area contributed by atoms with E-state index in [9.17, 15) is 9.59 Å². The molecule has 0 saturated heterocycles. The first-order valence-corrected chi connectivity index (χ1v) is 10.2. The number of ether oxygens (including phenoxy) is 2. The van der Waals surface area contributed by atoms with Crippen LogP contribution in [0.1, 0.15) is 26.3 Å². The number of rotatable bonds is 5. The number of hydrogen-bond donors (Lipinski definition) is 2. The van der Waals surface area contributed by atoms with Crippen LogP contribution in [0.4, 0.5) is 5.69 Å². The van der Waals surface area contributed by atoms with Gasteiger partial charge in [-0.3, -0.25) is 9.59 Å². The van der Waals surface area contributed by atoms with Crippen molar-refractivity contribution in [3.8, 4) is 11.5 Å². The van der Waals surface area contributed by atoms with Crippen LogP contribution in [-0.4, -0.2) is 18.6 Å². The van der Waals surface area contributed by atoms with Crippen LogP contribution in [0, 0.1) is 0 Å². The molecule has 0 unspecified atom stereocenters. The second kappa shape index (κ2) is 8.43. The molecule has 1 heterocycles. The van der Waals surface area contributed by atoms with E-state index >= 15 is 0 Å². The van der Waals surface area contributed by atoms with Crippen molar-refractivity contribution in [3.05, 3.63) is 102 Å². The van der Waals surface area contributed by atoms with E-state index in [1.54, 1.807) is 30.3 Å². The summed E-state index contributed by atoms with van der Waals surface area (Å²) in [5.74, 6) is 0.811. The quantitative estimate of drug-likeness (QED) is 0.485. The zero-order valence-electron chi connectivity index (χ0n) is 17.1. The Balaban J connectivity index is 1.30. The Morgan fingerprint density at radius 2 is 1.53 bits per heavy atom. The highest BCUT2D eigenvalue weighted by Crippen LogP contribution is 2.32. The summed E-state index contributed by atoms with van der Waals surface area (Å²) < 4.78 is 10.7. The van der Waals surface area contributed by atoms with Crippen molar-refractivity contribution < 1.29 is 19.1 Å². The van der Waals surface area contributed by atoms with Crippen LogP contribution < -0.4 is 20.1 Å². The number of hydrogen-bond acceptors (Lipinski definition) is 4. The van der Waals surface area contributed by atoms with Gasteiger partial charge in [-0.05, 0) is 52.7 Å². The van der Waals surface area contributed by atoms with Gasteiger partial charge >= 0.3 is 0 Å². The fraction of sp³-hybridized carbons (Fsp3) is 0.0769. The maximum absolute atomic E-state index is 12.9. The van der Waals surface area contributed by atoms with Gasteiger partial charge < -0.3 is 20.1 Å². The fourth-order valence-corrected chi connectivity index (χ4v) is 3.64. The molecule has 0 atom stereocenters. The lowest BCUT2D eigenvalue weighted by atomic mass is 10.1. The third kappa shape index (κ3) is 3.98. The number of nitrogens with one attached hydrogen (secondary N) is 2. The summed E-state index contributed by atoms with van der Waals surface area (Å²) >= 11 is 0. The van der Waals surface area contributed by atoms with E-state index in [-0.39, 0.29) is 18.6 Å². The van der Waals surface area contributed by atoms with E-state index in [4.69, 9.17) is 9.47 Å². The van der Waals surface area contributed by atoms with Gasteiger partial charge in [0, 0.05) is 12.1 Å². The molecule has 0 spiro atoms. The lowest BCUT2D eigenvalue weighted by Gasteiger charge is -2.12. The molecule has 4 aromatic rings. The molecule has 1 aliphatic heterocycles. The minimum absolute atomic E-state index is 0.204. The molecule has 2 N–H and O–H groups in total. The van der Waals surface area contributed by atoms with Gasteiger partial charge in [-0.1, -0.05) is 48.5 Å². The Kier molecular flexibility index (Phi) is 5.17. The topological polar surface area (TPSA) is 76.7 Å². The number of fused-ring (bicyclic) bond motifs is 2. The van der Waals surface area contributed by atoms with Crippen molar-refractivity contribution in [1.82, 2.24) is 5.32 Å². The molecule has 0 aromatic heterocycles. The second-order valence-electron chi connectivity index (χ2n) is 7.43. The largest absolute Gasteiger partial charge is 0.454 e. The predicted molar refractivity (Wildman–Crippen MR) is 122 cm³/mol. The minimum atomic E-state index is -0.280. The molecule has 1 aliphatic rings. The Morgan fingerprint density at radius 3 is 2.44 bits per heavy atom. The number of amides is 2. The zero-order valence-corrected chi connectivity index (χ0v) is 17.1. The van der Waals surface area contributed by atoms with Gasteiger partial charge in [-0.15, -0.1) is 0 Å². The monoisotopic (exact) mass is 424 g/mol. The lowest BCUT2D eigenvalue weighted by molar-refractivity contribution is 0.0951. The third-order valence-corrected chi connectivity index (χ3v) is 5.32. The molecule has 0 radical (unpaired) electrons. The number of carbonyl (C=O) groups is 2. The molecule has 0 bridgehead atoms. The Bertz CT molecular complexity index is 1330. The van der Waals surface area contributed by atoms with Crippen LogP contribution >= 0.6 is 0 Å². The van der Waals surface area contributed by atoms with Gasteiger partial charge in [0.05, 0.1) is 11.3 Å².